The van der Waals surface area contributed by atoms with Crippen molar-refractivity contribution < 1.29 is 19.1 Å². The number of carbonyl (C=O) groups is 2. The lowest BCUT2D eigenvalue weighted by Crippen LogP contribution is -2.20. The van der Waals surface area contributed by atoms with Gasteiger partial charge in [-0.25, -0.2) is 0 Å². The van der Waals surface area contributed by atoms with Crippen LogP contribution in [0, 0.1) is 0 Å². The first-order valence-corrected chi connectivity index (χ1v) is 10.3. The summed E-state index contributed by atoms with van der Waals surface area (Å²) in [7, 11) is 0. The summed E-state index contributed by atoms with van der Waals surface area (Å²) in [5, 5.41) is 5.15. The number of ether oxygens (including phenoxy) is 2. The lowest BCUT2D eigenvalue weighted by atomic mass is 10.1. The van der Waals surface area contributed by atoms with Crippen molar-refractivity contribution in [3.05, 3.63) is 66.2 Å². The minimum atomic E-state index is -0.277. The second-order valence-corrected chi connectivity index (χ2v) is 7.09. The molecular formula is C25H24N2O4. The molecule has 1 heterocycles. The number of carbonyl (C=O) groups excluding carboxylic acids is 2. The first-order valence-electron chi connectivity index (χ1n) is 10.3. The highest BCUT2D eigenvalue weighted by atomic mass is 16.5. The summed E-state index contributed by atoms with van der Waals surface area (Å²) in [6.07, 6.45) is 0.741. The van der Waals surface area contributed by atoms with E-state index in [9.17, 15) is 9.59 Å². The van der Waals surface area contributed by atoms with E-state index in [-0.39, 0.29) is 12.5 Å². The van der Waals surface area contributed by atoms with Gasteiger partial charge in [-0.15, -0.1) is 0 Å². The number of nitrogens with zero attached hydrogens (tertiary/aromatic N) is 1. The number of hydrogen-bond acceptors (Lipinski definition) is 4. The number of aromatic nitrogens is 1. The van der Waals surface area contributed by atoms with E-state index in [1.165, 1.54) is 5.52 Å². The normalized spacial score (nSPS) is 10.9. The van der Waals surface area contributed by atoms with Crippen LogP contribution in [0.15, 0.2) is 60.7 Å². The summed E-state index contributed by atoms with van der Waals surface area (Å²) in [5.41, 5.74) is 3.50. The fourth-order valence-corrected chi connectivity index (χ4v) is 3.80. The fourth-order valence-electron chi connectivity index (χ4n) is 3.80. The molecule has 0 saturated heterocycles. The van der Waals surface area contributed by atoms with Crippen LogP contribution < -0.4 is 14.8 Å². The van der Waals surface area contributed by atoms with Gasteiger partial charge in [-0.3, -0.25) is 9.59 Å². The number of anilines is 1. The van der Waals surface area contributed by atoms with Crippen molar-refractivity contribution in [2.75, 3.05) is 18.5 Å². The van der Waals surface area contributed by atoms with Gasteiger partial charge in [0, 0.05) is 39.6 Å². The predicted molar refractivity (Wildman–Crippen MR) is 122 cm³/mol. The van der Waals surface area contributed by atoms with Crippen molar-refractivity contribution in [2.45, 2.75) is 20.4 Å². The summed E-state index contributed by atoms with van der Waals surface area (Å²) in [6, 6.07) is 19.0. The second-order valence-electron chi connectivity index (χ2n) is 7.09. The Morgan fingerprint density at radius 3 is 2.52 bits per heavy atom. The highest BCUT2D eigenvalue weighted by Crippen LogP contribution is 2.31. The minimum absolute atomic E-state index is 0.171. The maximum atomic E-state index is 12.5. The topological polar surface area (TPSA) is 69.6 Å². The molecule has 0 aliphatic rings. The van der Waals surface area contributed by atoms with Gasteiger partial charge in [0.1, 0.15) is 6.29 Å². The van der Waals surface area contributed by atoms with Gasteiger partial charge in [0.05, 0.1) is 6.61 Å². The van der Waals surface area contributed by atoms with Gasteiger partial charge in [0.15, 0.2) is 18.1 Å². The molecular weight excluding hydrogens is 392 g/mol. The first-order chi connectivity index (χ1) is 15.1. The van der Waals surface area contributed by atoms with E-state index < -0.39 is 0 Å². The van der Waals surface area contributed by atoms with Crippen molar-refractivity contribution in [3.8, 4) is 11.5 Å². The van der Waals surface area contributed by atoms with Crippen LogP contribution in [-0.4, -0.2) is 30.0 Å². The van der Waals surface area contributed by atoms with Crippen molar-refractivity contribution in [1.82, 2.24) is 4.57 Å². The summed E-state index contributed by atoms with van der Waals surface area (Å²) in [4.78, 5) is 23.5. The number of benzene rings is 3. The van der Waals surface area contributed by atoms with E-state index in [1.807, 2.05) is 37.3 Å². The lowest BCUT2D eigenvalue weighted by Gasteiger charge is -2.12. The van der Waals surface area contributed by atoms with Crippen LogP contribution in [-0.2, 0) is 11.3 Å². The standard InChI is InChI=1S/C25H24N2O4/c1-3-27-21-8-6-5-7-19(21)20-14-18(10-11-22(20)27)26-25(29)16-31-23-12-9-17(15-28)13-24(23)30-4-2/h5-15H,3-4,16H2,1-2H3,(H,26,29). The Kier molecular flexibility index (Phi) is 5.89. The van der Waals surface area contributed by atoms with Crippen LogP contribution in [0.5, 0.6) is 11.5 Å². The maximum absolute atomic E-state index is 12.5. The van der Waals surface area contributed by atoms with E-state index in [1.54, 1.807) is 18.2 Å². The average Bonchev–Trinajstić information content (AvgIpc) is 3.11. The van der Waals surface area contributed by atoms with E-state index in [2.05, 4.69) is 28.9 Å². The van der Waals surface area contributed by atoms with Crippen molar-refractivity contribution >= 4 is 39.7 Å². The SMILES string of the molecule is CCOc1cc(C=O)ccc1OCC(=O)Nc1ccc2c(c1)c1ccccc1n2CC. The number of rotatable bonds is 8. The lowest BCUT2D eigenvalue weighted by molar-refractivity contribution is -0.118. The Morgan fingerprint density at radius 2 is 1.74 bits per heavy atom. The Balaban J connectivity index is 1.51. The van der Waals surface area contributed by atoms with Crippen molar-refractivity contribution in [1.29, 1.82) is 0 Å². The van der Waals surface area contributed by atoms with Crippen LogP contribution in [0.2, 0.25) is 0 Å². The summed E-state index contributed by atoms with van der Waals surface area (Å²) in [6.45, 7) is 5.09. The highest BCUT2D eigenvalue weighted by Gasteiger charge is 2.12. The average molecular weight is 416 g/mol. The molecule has 158 valence electrons. The summed E-state index contributed by atoms with van der Waals surface area (Å²) in [5.74, 6) is 0.582. The largest absolute Gasteiger partial charge is 0.490 e. The first kappa shape index (κ1) is 20.5. The monoisotopic (exact) mass is 416 g/mol. The number of fused-ring (bicyclic) bond motifs is 3. The molecule has 0 bridgehead atoms. The Bertz CT molecular complexity index is 1260. The van der Waals surface area contributed by atoms with Crippen molar-refractivity contribution in [2.24, 2.45) is 0 Å². The molecule has 1 amide bonds. The Morgan fingerprint density at radius 1 is 0.935 bits per heavy atom. The van der Waals surface area contributed by atoms with Gasteiger partial charge < -0.3 is 19.4 Å². The zero-order valence-corrected chi connectivity index (χ0v) is 17.6. The molecule has 1 N–H and O–H groups in total. The van der Waals surface area contributed by atoms with Gasteiger partial charge in [0.2, 0.25) is 0 Å². The van der Waals surface area contributed by atoms with E-state index in [0.717, 1.165) is 29.1 Å². The molecule has 0 saturated carbocycles. The molecule has 0 aliphatic carbocycles. The number of amides is 1. The molecule has 0 spiro atoms. The van der Waals surface area contributed by atoms with Crippen LogP contribution in [0.1, 0.15) is 24.2 Å². The number of aryl methyl sites for hydroxylation is 1. The number of hydrogen-bond donors (Lipinski definition) is 1. The smallest absolute Gasteiger partial charge is 0.262 e. The molecule has 31 heavy (non-hydrogen) atoms. The second kappa shape index (κ2) is 8.92. The minimum Gasteiger partial charge on any atom is -0.490 e. The summed E-state index contributed by atoms with van der Waals surface area (Å²) >= 11 is 0. The Hall–Kier alpha value is -3.80. The van der Waals surface area contributed by atoms with Gasteiger partial charge in [0.25, 0.3) is 5.91 Å². The van der Waals surface area contributed by atoms with Gasteiger partial charge in [-0.05, 0) is 56.3 Å². The summed E-state index contributed by atoms with van der Waals surface area (Å²) < 4.78 is 13.4. The van der Waals surface area contributed by atoms with E-state index >= 15 is 0 Å². The molecule has 3 aromatic carbocycles. The Labute approximate surface area is 180 Å². The van der Waals surface area contributed by atoms with E-state index in [0.29, 0.717) is 29.4 Å². The van der Waals surface area contributed by atoms with Crippen molar-refractivity contribution in [3.63, 3.8) is 0 Å². The number of aldehydes is 1. The third-order valence-electron chi connectivity index (χ3n) is 5.13. The molecule has 0 radical (unpaired) electrons. The molecule has 0 atom stereocenters. The molecule has 4 rings (SSSR count). The molecule has 6 nitrogen and oxygen atoms in total. The number of para-hydroxylation sites is 1. The zero-order valence-electron chi connectivity index (χ0n) is 17.6. The van der Waals surface area contributed by atoms with Crippen LogP contribution in [0.3, 0.4) is 0 Å². The molecule has 0 fully saturated rings. The fraction of sp³-hybridized carbons (Fsp3) is 0.200. The van der Waals surface area contributed by atoms with Crippen LogP contribution in [0.25, 0.3) is 21.8 Å². The third-order valence-corrected chi connectivity index (χ3v) is 5.13. The van der Waals surface area contributed by atoms with Gasteiger partial charge in [-0.1, -0.05) is 18.2 Å². The van der Waals surface area contributed by atoms with Crippen LogP contribution in [0.4, 0.5) is 5.69 Å². The molecule has 6 heteroatoms. The zero-order chi connectivity index (χ0) is 21.8. The number of nitrogens with one attached hydrogen (secondary N) is 1. The van der Waals surface area contributed by atoms with Gasteiger partial charge >= 0.3 is 0 Å². The molecule has 0 unspecified atom stereocenters. The van der Waals surface area contributed by atoms with Gasteiger partial charge in [-0.2, -0.15) is 0 Å². The van der Waals surface area contributed by atoms with Crippen LogP contribution >= 0.6 is 0 Å². The maximum Gasteiger partial charge on any atom is 0.262 e. The van der Waals surface area contributed by atoms with E-state index in [4.69, 9.17) is 9.47 Å². The predicted octanol–water partition coefficient (Wildman–Crippen LogP) is 5.04. The molecule has 1 aromatic heterocycles. The molecule has 0 aliphatic heterocycles. The third kappa shape index (κ3) is 4.10. The highest BCUT2D eigenvalue weighted by molar-refractivity contribution is 6.09. The quantitative estimate of drug-likeness (QED) is 0.409. The molecule has 4 aromatic rings.